The van der Waals surface area contributed by atoms with Crippen LogP contribution in [0.2, 0.25) is 0 Å². The second-order valence-corrected chi connectivity index (χ2v) is 6.00. The number of aromatic nitrogens is 5. The molecule has 0 atom stereocenters. The van der Waals surface area contributed by atoms with Crippen molar-refractivity contribution in [3.8, 4) is 17.1 Å². The summed E-state index contributed by atoms with van der Waals surface area (Å²) in [5, 5.41) is 0. The largest absolute Gasteiger partial charge is 0.460 e. The minimum atomic E-state index is -0.431. The van der Waals surface area contributed by atoms with Gasteiger partial charge < -0.3 is 9.64 Å². The Balaban J connectivity index is 1.33. The molecule has 0 spiro atoms. The average molecular weight is 352 g/mol. The Morgan fingerprint density at radius 2 is 1.54 bits per heavy atom. The van der Waals surface area contributed by atoms with Crippen molar-refractivity contribution in [2.45, 2.75) is 18.9 Å². The highest BCUT2D eigenvalue weighted by Gasteiger charge is 2.23. The number of piperidine rings is 1. The van der Waals surface area contributed by atoms with E-state index in [-0.39, 0.29) is 6.10 Å². The van der Waals surface area contributed by atoms with Crippen LogP contribution in [0.5, 0.6) is 6.01 Å². The number of pyridine rings is 1. The molecule has 1 fully saturated rings. The second-order valence-electron chi connectivity index (χ2n) is 6.00. The first-order chi connectivity index (χ1) is 12.8. The molecule has 1 aliphatic heterocycles. The van der Waals surface area contributed by atoms with Crippen molar-refractivity contribution in [1.82, 2.24) is 24.9 Å². The molecule has 3 aromatic heterocycles. The van der Waals surface area contributed by atoms with Crippen LogP contribution in [-0.2, 0) is 0 Å². The summed E-state index contributed by atoms with van der Waals surface area (Å²) >= 11 is 0. The Morgan fingerprint density at radius 1 is 0.885 bits per heavy atom. The van der Waals surface area contributed by atoms with Gasteiger partial charge in [0.15, 0.2) is 5.82 Å². The standard InChI is InChI=1S/C18H17FN6O/c19-15-11-21-17(22-12-15)25-7-3-16(4-8-25)26-18-23-9-14(10-24-18)13-1-5-20-6-2-13/h1-2,5-6,9-12,16H,3-4,7-8H2. The Labute approximate surface area is 150 Å². The third kappa shape index (κ3) is 3.74. The van der Waals surface area contributed by atoms with Crippen molar-refractivity contribution in [1.29, 1.82) is 0 Å². The summed E-state index contributed by atoms with van der Waals surface area (Å²) in [6, 6.07) is 4.19. The monoisotopic (exact) mass is 352 g/mol. The maximum atomic E-state index is 12.9. The molecule has 8 heteroatoms. The van der Waals surface area contributed by atoms with Gasteiger partial charge in [-0.15, -0.1) is 0 Å². The van der Waals surface area contributed by atoms with Crippen LogP contribution in [0.15, 0.2) is 49.3 Å². The number of anilines is 1. The van der Waals surface area contributed by atoms with Crippen molar-refractivity contribution in [2.24, 2.45) is 0 Å². The van der Waals surface area contributed by atoms with Crippen LogP contribution in [-0.4, -0.2) is 44.1 Å². The van der Waals surface area contributed by atoms with Gasteiger partial charge in [-0.2, -0.15) is 0 Å². The lowest BCUT2D eigenvalue weighted by Gasteiger charge is -2.31. The van der Waals surface area contributed by atoms with Gasteiger partial charge in [0.2, 0.25) is 5.95 Å². The van der Waals surface area contributed by atoms with E-state index in [2.05, 4.69) is 24.9 Å². The van der Waals surface area contributed by atoms with Gasteiger partial charge in [0.25, 0.3) is 0 Å². The summed E-state index contributed by atoms with van der Waals surface area (Å²) in [6.45, 7) is 1.48. The number of rotatable bonds is 4. The summed E-state index contributed by atoms with van der Waals surface area (Å²) in [7, 11) is 0. The third-order valence-corrected chi connectivity index (χ3v) is 4.25. The maximum absolute atomic E-state index is 12.9. The van der Waals surface area contributed by atoms with E-state index >= 15 is 0 Å². The number of halogens is 1. The zero-order chi connectivity index (χ0) is 17.8. The molecular weight excluding hydrogens is 335 g/mol. The van der Waals surface area contributed by atoms with E-state index in [4.69, 9.17) is 4.74 Å². The molecule has 132 valence electrons. The zero-order valence-corrected chi connectivity index (χ0v) is 14.0. The van der Waals surface area contributed by atoms with Crippen LogP contribution in [0.4, 0.5) is 10.3 Å². The minimum Gasteiger partial charge on any atom is -0.460 e. The Hall–Kier alpha value is -3.16. The van der Waals surface area contributed by atoms with Gasteiger partial charge in [0, 0.05) is 56.3 Å². The second kappa shape index (κ2) is 7.38. The average Bonchev–Trinajstić information content (AvgIpc) is 2.71. The first kappa shape index (κ1) is 16.3. The predicted molar refractivity (Wildman–Crippen MR) is 93.1 cm³/mol. The van der Waals surface area contributed by atoms with Crippen LogP contribution in [0.1, 0.15) is 12.8 Å². The van der Waals surface area contributed by atoms with Gasteiger partial charge in [-0.25, -0.2) is 24.3 Å². The summed E-state index contributed by atoms with van der Waals surface area (Å²) in [4.78, 5) is 22.7. The van der Waals surface area contributed by atoms with Gasteiger partial charge >= 0.3 is 6.01 Å². The van der Waals surface area contributed by atoms with Crippen LogP contribution in [0, 0.1) is 5.82 Å². The van der Waals surface area contributed by atoms with E-state index in [0.717, 1.165) is 37.1 Å². The number of hydrogen-bond acceptors (Lipinski definition) is 7. The quantitative estimate of drug-likeness (QED) is 0.714. The Morgan fingerprint density at radius 3 is 2.19 bits per heavy atom. The first-order valence-corrected chi connectivity index (χ1v) is 8.39. The molecule has 0 bridgehead atoms. The smallest absolute Gasteiger partial charge is 0.316 e. The van der Waals surface area contributed by atoms with Crippen LogP contribution in [0.3, 0.4) is 0 Å². The fraction of sp³-hybridized carbons (Fsp3) is 0.278. The van der Waals surface area contributed by atoms with Crippen molar-refractivity contribution in [2.75, 3.05) is 18.0 Å². The topological polar surface area (TPSA) is 76.9 Å². The van der Waals surface area contributed by atoms with Crippen LogP contribution in [0.25, 0.3) is 11.1 Å². The van der Waals surface area contributed by atoms with Gasteiger partial charge in [0.05, 0.1) is 12.4 Å². The van der Waals surface area contributed by atoms with Crippen molar-refractivity contribution in [3.05, 3.63) is 55.1 Å². The molecular formula is C18H17FN6O. The third-order valence-electron chi connectivity index (χ3n) is 4.25. The summed E-state index contributed by atoms with van der Waals surface area (Å²) < 4.78 is 18.8. The Bertz CT molecular complexity index is 836. The predicted octanol–water partition coefficient (Wildman–Crippen LogP) is 2.52. The molecule has 0 saturated carbocycles. The van der Waals surface area contributed by atoms with Crippen molar-refractivity contribution >= 4 is 5.95 Å². The molecule has 0 amide bonds. The van der Waals surface area contributed by atoms with Crippen LogP contribution < -0.4 is 9.64 Å². The SMILES string of the molecule is Fc1cnc(N2CCC(Oc3ncc(-c4ccncc4)cn3)CC2)nc1. The van der Waals surface area contributed by atoms with E-state index in [9.17, 15) is 4.39 Å². The van der Waals surface area contributed by atoms with Crippen molar-refractivity contribution in [3.63, 3.8) is 0 Å². The molecule has 7 nitrogen and oxygen atoms in total. The number of nitrogens with zero attached hydrogens (tertiary/aromatic N) is 6. The van der Waals surface area contributed by atoms with Gasteiger partial charge in [-0.3, -0.25) is 4.98 Å². The molecule has 1 aliphatic rings. The zero-order valence-electron chi connectivity index (χ0n) is 14.0. The molecule has 4 rings (SSSR count). The molecule has 0 unspecified atom stereocenters. The van der Waals surface area contributed by atoms with Crippen LogP contribution >= 0.6 is 0 Å². The fourth-order valence-electron chi connectivity index (χ4n) is 2.86. The van der Waals surface area contributed by atoms with E-state index < -0.39 is 5.82 Å². The number of hydrogen-bond donors (Lipinski definition) is 0. The molecule has 0 N–H and O–H groups in total. The minimum absolute atomic E-state index is 0.0403. The molecule has 4 heterocycles. The summed E-state index contributed by atoms with van der Waals surface area (Å²) in [5.74, 6) is 0.113. The van der Waals surface area contributed by atoms with Crippen molar-refractivity contribution < 1.29 is 9.13 Å². The van der Waals surface area contributed by atoms with Gasteiger partial charge in [-0.05, 0) is 17.7 Å². The van der Waals surface area contributed by atoms with Gasteiger partial charge in [0.1, 0.15) is 6.10 Å². The first-order valence-electron chi connectivity index (χ1n) is 8.39. The summed E-state index contributed by atoms with van der Waals surface area (Å²) in [6.07, 6.45) is 11.0. The Kier molecular flexibility index (Phi) is 4.63. The lowest BCUT2D eigenvalue weighted by atomic mass is 10.1. The maximum Gasteiger partial charge on any atom is 0.316 e. The molecule has 3 aromatic rings. The molecule has 1 saturated heterocycles. The van der Waals surface area contributed by atoms with E-state index in [1.54, 1.807) is 24.8 Å². The molecule has 0 radical (unpaired) electrons. The number of ether oxygens (including phenoxy) is 1. The molecule has 26 heavy (non-hydrogen) atoms. The van der Waals surface area contributed by atoms with E-state index in [1.807, 2.05) is 17.0 Å². The normalized spacial score (nSPS) is 15.0. The highest BCUT2D eigenvalue weighted by atomic mass is 19.1. The fourth-order valence-corrected chi connectivity index (χ4v) is 2.86. The highest BCUT2D eigenvalue weighted by molar-refractivity contribution is 5.60. The van der Waals surface area contributed by atoms with E-state index in [1.165, 1.54) is 12.4 Å². The lowest BCUT2D eigenvalue weighted by molar-refractivity contribution is 0.156. The lowest BCUT2D eigenvalue weighted by Crippen LogP contribution is -2.39. The van der Waals surface area contributed by atoms with E-state index in [0.29, 0.717) is 12.0 Å². The van der Waals surface area contributed by atoms with Gasteiger partial charge in [-0.1, -0.05) is 0 Å². The highest BCUT2D eigenvalue weighted by Crippen LogP contribution is 2.21. The summed E-state index contributed by atoms with van der Waals surface area (Å²) in [5.41, 5.74) is 1.93. The molecule has 0 aromatic carbocycles. The molecule has 0 aliphatic carbocycles.